The number of rotatable bonds is 4. The molecule has 2 unspecified atom stereocenters. The summed E-state index contributed by atoms with van der Waals surface area (Å²) in [7, 11) is 0. The van der Waals surface area contributed by atoms with Gasteiger partial charge in [-0.15, -0.1) is 0 Å². The van der Waals surface area contributed by atoms with Gasteiger partial charge < -0.3 is 10.8 Å². The monoisotopic (exact) mass is 247 g/mol. The Hall–Kier alpha value is -1.12. The van der Waals surface area contributed by atoms with E-state index in [0.717, 1.165) is 12.3 Å². The molecule has 1 aliphatic carbocycles. The lowest BCUT2D eigenvalue weighted by Gasteiger charge is -2.09. The summed E-state index contributed by atoms with van der Waals surface area (Å²) >= 11 is 0. The van der Waals surface area contributed by atoms with Crippen molar-refractivity contribution < 1.29 is 5.11 Å². The molecule has 0 saturated heterocycles. The minimum absolute atomic E-state index is 0.495. The molecule has 0 amide bonds. The third-order valence-corrected chi connectivity index (χ3v) is 3.22. The Bertz CT molecular complexity index is 386. The van der Waals surface area contributed by atoms with Crippen LogP contribution in [0.4, 0.5) is 0 Å². The highest BCUT2D eigenvalue weighted by Crippen LogP contribution is 2.26. The molecule has 0 heterocycles. The van der Waals surface area contributed by atoms with Gasteiger partial charge in [0.15, 0.2) is 0 Å². The largest absolute Gasteiger partial charge is 0.379 e. The Morgan fingerprint density at radius 1 is 1.61 bits per heavy atom. The molecule has 3 N–H and O–H groups in total. The lowest BCUT2D eigenvalue weighted by atomic mass is 9.96. The van der Waals surface area contributed by atoms with Crippen LogP contribution in [-0.4, -0.2) is 11.3 Å². The third-order valence-electron chi connectivity index (χ3n) is 3.22. The SMILES string of the molecule is CC(=CC=CCC(N)O)C1=C(C)CC(C)CC=C1. The number of hydrogen-bond donors (Lipinski definition) is 2. The van der Waals surface area contributed by atoms with E-state index in [2.05, 4.69) is 39.0 Å². The van der Waals surface area contributed by atoms with E-state index in [0.29, 0.717) is 6.42 Å². The fourth-order valence-corrected chi connectivity index (χ4v) is 2.26. The second kappa shape index (κ2) is 7.34. The van der Waals surface area contributed by atoms with Gasteiger partial charge in [0.2, 0.25) is 0 Å². The van der Waals surface area contributed by atoms with E-state index in [1.165, 1.54) is 23.1 Å². The zero-order chi connectivity index (χ0) is 13.5. The highest BCUT2D eigenvalue weighted by Gasteiger charge is 2.09. The predicted octanol–water partition coefficient (Wildman–Crippen LogP) is 3.46. The Morgan fingerprint density at radius 3 is 3.00 bits per heavy atom. The summed E-state index contributed by atoms with van der Waals surface area (Å²) in [5.74, 6) is 0.731. The highest BCUT2D eigenvalue weighted by molar-refractivity contribution is 5.44. The van der Waals surface area contributed by atoms with Gasteiger partial charge in [-0.1, -0.05) is 42.9 Å². The molecule has 0 bridgehead atoms. The Kier molecular flexibility index (Phi) is 6.10. The summed E-state index contributed by atoms with van der Waals surface area (Å²) in [5, 5.41) is 8.96. The quantitative estimate of drug-likeness (QED) is 0.590. The van der Waals surface area contributed by atoms with Gasteiger partial charge >= 0.3 is 0 Å². The fraction of sp³-hybridized carbons (Fsp3) is 0.500. The van der Waals surface area contributed by atoms with Crippen molar-refractivity contribution in [3.8, 4) is 0 Å². The Labute approximate surface area is 111 Å². The molecule has 0 aliphatic heterocycles. The first kappa shape index (κ1) is 14.9. The first-order valence-electron chi connectivity index (χ1n) is 6.64. The molecule has 0 aromatic rings. The van der Waals surface area contributed by atoms with Crippen molar-refractivity contribution in [2.75, 3.05) is 0 Å². The summed E-state index contributed by atoms with van der Waals surface area (Å²) in [6, 6.07) is 0. The molecule has 1 rings (SSSR count). The summed E-state index contributed by atoms with van der Waals surface area (Å²) in [5.41, 5.74) is 9.34. The van der Waals surface area contributed by atoms with Crippen LogP contribution in [0.5, 0.6) is 0 Å². The Morgan fingerprint density at radius 2 is 2.33 bits per heavy atom. The topological polar surface area (TPSA) is 46.2 Å². The van der Waals surface area contributed by atoms with E-state index in [1.54, 1.807) is 0 Å². The van der Waals surface area contributed by atoms with E-state index in [9.17, 15) is 0 Å². The molecule has 0 radical (unpaired) electrons. The van der Waals surface area contributed by atoms with E-state index in [-0.39, 0.29) is 0 Å². The minimum atomic E-state index is -0.755. The van der Waals surface area contributed by atoms with Crippen molar-refractivity contribution in [1.82, 2.24) is 0 Å². The maximum atomic E-state index is 8.96. The number of hydrogen-bond acceptors (Lipinski definition) is 2. The van der Waals surface area contributed by atoms with Crippen LogP contribution in [0.2, 0.25) is 0 Å². The third kappa shape index (κ3) is 5.03. The molecule has 0 spiro atoms. The standard InChI is InChI=1S/C16H25NO/c1-12-7-6-9-15(14(3)11-12)13(2)8-4-5-10-16(17)18/h4-6,8-9,12,16,18H,7,10-11,17H2,1-3H3. The van der Waals surface area contributed by atoms with E-state index in [4.69, 9.17) is 10.8 Å². The lowest BCUT2D eigenvalue weighted by Crippen LogP contribution is -2.16. The zero-order valence-electron chi connectivity index (χ0n) is 11.7. The molecule has 2 heteroatoms. The van der Waals surface area contributed by atoms with Crippen LogP contribution in [0.1, 0.15) is 40.0 Å². The Balaban J connectivity index is 2.75. The van der Waals surface area contributed by atoms with E-state index in [1.807, 2.05) is 12.2 Å². The van der Waals surface area contributed by atoms with Crippen LogP contribution in [0.15, 0.2) is 47.1 Å². The normalized spacial score (nSPS) is 23.6. The van der Waals surface area contributed by atoms with Crippen molar-refractivity contribution >= 4 is 0 Å². The molecule has 0 aromatic carbocycles. The van der Waals surface area contributed by atoms with Crippen LogP contribution < -0.4 is 5.73 Å². The van der Waals surface area contributed by atoms with Gasteiger partial charge in [-0.3, -0.25) is 0 Å². The molecule has 0 fully saturated rings. The molecule has 0 saturated carbocycles. The molecular formula is C16H25NO. The number of aliphatic hydroxyl groups excluding tert-OH is 1. The number of nitrogens with two attached hydrogens (primary N) is 1. The van der Waals surface area contributed by atoms with Gasteiger partial charge in [-0.05, 0) is 43.8 Å². The van der Waals surface area contributed by atoms with Crippen molar-refractivity contribution in [1.29, 1.82) is 0 Å². The van der Waals surface area contributed by atoms with Gasteiger partial charge in [-0.25, -0.2) is 0 Å². The van der Waals surface area contributed by atoms with Crippen LogP contribution in [-0.2, 0) is 0 Å². The molecule has 2 nitrogen and oxygen atoms in total. The summed E-state index contributed by atoms with van der Waals surface area (Å²) in [6.07, 6.45) is 12.5. The van der Waals surface area contributed by atoms with Gasteiger partial charge in [0.05, 0.1) is 0 Å². The lowest BCUT2D eigenvalue weighted by molar-refractivity contribution is 0.186. The number of aliphatic hydroxyl groups is 1. The minimum Gasteiger partial charge on any atom is -0.379 e. The van der Waals surface area contributed by atoms with Gasteiger partial charge in [0, 0.05) is 6.42 Å². The van der Waals surface area contributed by atoms with Crippen LogP contribution >= 0.6 is 0 Å². The average Bonchev–Trinajstić information content (AvgIpc) is 2.45. The molecule has 18 heavy (non-hydrogen) atoms. The molecule has 2 atom stereocenters. The summed E-state index contributed by atoms with van der Waals surface area (Å²) in [4.78, 5) is 0. The van der Waals surface area contributed by atoms with Crippen molar-refractivity contribution in [3.63, 3.8) is 0 Å². The zero-order valence-corrected chi connectivity index (χ0v) is 11.7. The highest BCUT2D eigenvalue weighted by atomic mass is 16.3. The molecule has 1 aliphatic rings. The van der Waals surface area contributed by atoms with Crippen LogP contribution in [0.25, 0.3) is 0 Å². The number of allylic oxidation sites excluding steroid dienone is 7. The first-order chi connectivity index (χ1) is 8.50. The summed E-state index contributed by atoms with van der Waals surface area (Å²) < 4.78 is 0. The smallest absolute Gasteiger partial charge is 0.105 e. The molecular weight excluding hydrogens is 222 g/mol. The van der Waals surface area contributed by atoms with Gasteiger partial charge in [0.1, 0.15) is 6.23 Å². The maximum Gasteiger partial charge on any atom is 0.105 e. The van der Waals surface area contributed by atoms with Crippen LogP contribution in [0.3, 0.4) is 0 Å². The van der Waals surface area contributed by atoms with E-state index < -0.39 is 6.23 Å². The summed E-state index contributed by atoms with van der Waals surface area (Å²) in [6.45, 7) is 6.63. The molecule has 100 valence electrons. The van der Waals surface area contributed by atoms with Crippen molar-refractivity contribution in [2.24, 2.45) is 11.7 Å². The van der Waals surface area contributed by atoms with E-state index >= 15 is 0 Å². The van der Waals surface area contributed by atoms with Crippen molar-refractivity contribution in [2.45, 2.75) is 46.3 Å². The van der Waals surface area contributed by atoms with Crippen LogP contribution in [0, 0.1) is 5.92 Å². The fourth-order valence-electron chi connectivity index (χ4n) is 2.26. The second-order valence-corrected chi connectivity index (χ2v) is 5.22. The molecule has 0 aromatic heterocycles. The maximum absolute atomic E-state index is 8.96. The van der Waals surface area contributed by atoms with Gasteiger partial charge in [-0.2, -0.15) is 0 Å². The average molecular weight is 247 g/mol. The van der Waals surface area contributed by atoms with Crippen molar-refractivity contribution in [3.05, 3.63) is 47.1 Å². The van der Waals surface area contributed by atoms with Gasteiger partial charge in [0.25, 0.3) is 0 Å². The first-order valence-corrected chi connectivity index (χ1v) is 6.64. The second-order valence-electron chi connectivity index (χ2n) is 5.22. The predicted molar refractivity (Wildman–Crippen MR) is 77.9 cm³/mol.